The smallest absolute Gasteiger partial charge is 0.407 e. The van der Waals surface area contributed by atoms with Crippen molar-refractivity contribution in [3.8, 4) is 0 Å². The lowest BCUT2D eigenvalue weighted by molar-refractivity contribution is -0.122. The molecule has 5 heteroatoms. The van der Waals surface area contributed by atoms with Crippen LogP contribution in [0.15, 0.2) is 36.0 Å². The minimum atomic E-state index is -0.321. The zero-order chi connectivity index (χ0) is 29.9. The molecule has 0 bridgehead atoms. The van der Waals surface area contributed by atoms with Gasteiger partial charge in [0.25, 0.3) is 0 Å². The Bertz CT molecular complexity index is 1050. The van der Waals surface area contributed by atoms with Crippen molar-refractivity contribution in [2.45, 2.75) is 118 Å². The van der Waals surface area contributed by atoms with Gasteiger partial charge in [0.2, 0.25) is 5.91 Å². The van der Waals surface area contributed by atoms with Gasteiger partial charge in [-0.3, -0.25) is 4.79 Å². The molecule has 0 spiro atoms. The molecule has 0 heterocycles. The molecule has 0 aliphatic heterocycles. The summed E-state index contributed by atoms with van der Waals surface area (Å²) in [6.45, 7) is 13.6. The molecule has 0 aromatic rings. The van der Waals surface area contributed by atoms with Crippen molar-refractivity contribution in [1.29, 1.82) is 0 Å². The van der Waals surface area contributed by atoms with Crippen LogP contribution >= 0.6 is 0 Å². The Hall–Kier alpha value is -2.04. The van der Waals surface area contributed by atoms with Gasteiger partial charge in [-0.15, -0.1) is 0 Å². The lowest BCUT2D eigenvalue weighted by Crippen LogP contribution is -2.51. The third kappa shape index (κ3) is 6.55. The van der Waals surface area contributed by atoms with E-state index in [-0.39, 0.29) is 29.4 Å². The summed E-state index contributed by atoms with van der Waals surface area (Å²) in [5.74, 6) is 4.90. The van der Waals surface area contributed by atoms with Crippen LogP contribution in [0.1, 0.15) is 112 Å². The van der Waals surface area contributed by atoms with Gasteiger partial charge in [0, 0.05) is 19.5 Å². The van der Waals surface area contributed by atoms with Gasteiger partial charge in [-0.05, 0) is 97.7 Å². The molecule has 0 radical (unpaired) electrons. The van der Waals surface area contributed by atoms with Gasteiger partial charge in [0.05, 0.1) is 5.92 Å². The van der Waals surface area contributed by atoms with Crippen LogP contribution < -0.4 is 10.6 Å². The molecule has 0 aromatic carbocycles. The number of nitrogens with one attached hydrogen (secondary N) is 2. The van der Waals surface area contributed by atoms with Crippen LogP contribution in [0.5, 0.6) is 0 Å². The number of rotatable bonds is 11. The zero-order valence-electron chi connectivity index (χ0n) is 27.1. The largest absolute Gasteiger partial charge is 0.446 e. The van der Waals surface area contributed by atoms with E-state index in [1.807, 2.05) is 24.3 Å². The first-order valence-electron chi connectivity index (χ1n) is 17.4. The number of ether oxygens (including phenoxy) is 1. The first-order valence-corrected chi connectivity index (χ1v) is 17.4. The number of carbonyl (C=O) groups excluding carboxylic acids is 2. The lowest BCUT2D eigenvalue weighted by atomic mass is 9.47. The van der Waals surface area contributed by atoms with Crippen LogP contribution in [-0.4, -0.2) is 31.2 Å². The van der Waals surface area contributed by atoms with E-state index in [0.29, 0.717) is 24.9 Å². The van der Waals surface area contributed by atoms with Crippen molar-refractivity contribution >= 4 is 12.0 Å². The summed E-state index contributed by atoms with van der Waals surface area (Å²) in [6.07, 6.45) is 24.5. The Morgan fingerprint density at radius 2 is 1.69 bits per heavy atom. The maximum Gasteiger partial charge on any atom is 0.407 e. The van der Waals surface area contributed by atoms with E-state index in [2.05, 4.69) is 51.3 Å². The van der Waals surface area contributed by atoms with Gasteiger partial charge < -0.3 is 15.4 Å². The van der Waals surface area contributed by atoms with Crippen molar-refractivity contribution in [2.24, 2.45) is 52.3 Å². The quantitative estimate of drug-likeness (QED) is 0.191. The molecule has 2 amide bonds. The molecule has 0 aromatic heterocycles. The van der Waals surface area contributed by atoms with Crippen LogP contribution in [0.2, 0.25) is 0 Å². The van der Waals surface area contributed by atoms with Crippen LogP contribution in [0.4, 0.5) is 4.79 Å². The van der Waals surface area contributed by atoms with E-state index >= 15 is 0 Å². The monoisotopic (exact) mass is 578 g/mol. The minimum absolute atomic E-state index is 0.0119. The summed E-state index contributed by atoms with van der Waals surface area (Å²) < 4.78 is 5.91. The fraction of sp³-hybridized carbons (Fsp3) is 0.784. The average Bonchev–Trinajstić information content (AvgIpc) is 3.61. The second kappa shape index (κ2) is 13.3. The summed E-state index contributed by atoms with van der Waals surface area (Å²) in [5, 5.41) is 5.83. The normalized spacial score (nSPS) is 36.1. The average molecular weight is 579 g/mol. The molecule has 3 fully saturated rings. The van der Waals surface area contributed by atoms with Gasteiger partial charge in [-0.2, -0.15) is 0 Å². The number of allylic oxidation sites excluding steroid dienone is 3. The van der Waals surface area contributed by atoms with Crippen LogP contribution in [0, 0.1) is 52.3 Å². The highest BCUT2D eigenvalue weighted by Crippen LogP contribution is 2.67. The SMILES string of the molecule is CC(C)CCC[C@@H](C)[C@H]1CC[C@H]2[C@@H]3CC=C4C[C@@H](OC(=O)NCCCNC(=O)C5C=CC=C5)CC[C@]4(C)[C@H]3CC[C@]12C. The van der Waals surface area contributed by atoms with E-state index in [9.17, 15) is 9.59 Å². The van der Waals surface area contributed by atoms with Gasteiger partial charge in [-0.1, -0.05) is 89.8 Å². The Labute approximate surface area is 255 Å². The summed E-state index contributed by atoms with van der Waals surface area (Å²) in [4.78, 5) is 24.6. The third-order valence-corrected chi connectivity index (χ3v) is 12.5. The fourth-order valence-electron chi connectivity index (χ4n) is 10.2. The number of amides is 2. The molecular weight excluding hydrogens is 520 g/mol. The standard InChI is InChI=1S/C37H58N2O3/c1-25(2)10-8-11-26(3)31-16-17-32-30-15-14-28-24-29(18-20-36(28,4)33(30)19-21-37(31,32)5)42-35(41)39-23-9-22-38-34(40)27-12-6-7-13-27/h6-7,12-14,25-27,29-33H,8-11,15-24H2,1-5H3,(H,38,40)(H,39,41)/t26-,29+,30+,31-,32+,33+,36+,37-/m1/s1. The Morgan fingerprint density at radius 3 is 2.45 bits per heavy atom. The summed E-state index contributed by atoms with van der Waals surface area (Å²) >= 11 is 0. The minimum Gasteiger partial charge on any atom is -0.446 e. The molecule has 5 nitrogen and oxygen atoms in total. The van der Waals surface area contributed by atoms with Gasteiger partial charge in [0.15, 0.2) is 0 Å². The van der Waals surface area contributed by atoms with Crippen LogP contribution in [-0.2, 0) is 9.53 Å². The third-order valence-electron chi connectivity index (χ3n) is 12.5. The molecule has 5 rings (SSSR count). The zero-order valence-corrected chi connectivity index (χ0v) is 27.1. The highest BCUT2D eigenvalue weighted by Gasteiger charge is 2.59. The summed E-state index contributed by atoms with van der Waals surface area (Å²) in [7, 11) is 0. The molecular formula is C37H58N2O3. The van der Waals surface area contributed by atoms with Gasteiger partial charge in [0.1, 0.15) is 6.10 Å². The predicted octanol–water partition coefficient (Wildman–Crippen LogP) is 8.37. The molecule has 0 saturated heterocycles. The van der Waals surface area contributed by atoms with E-state index in [1.165, 1.54) is 51.4 Å². The van der Waals surface area contributed by atoms with E-state index in [4.69, 9.17) is 4.74 Å². The van der Waals surface area contributed by atoms with E-state index in [1.54, 1.807) is 5.57 Å². The van der Waals surface area contributed by atoms with Crippen LogP contribution in [0.25, 0.3) is 0 Å². The number of hydrogen-bond acceptors (Lipinski definition) is 3. The maximum atomic E-state index is 12.6. The molecule has 5 aliphatic carbocycles. The van der Waals surface area contributed by atoms with Gasteiger partial charge >= 0.3 is 6.09 Å². The Balaban J connectivity index is 1.09. The van der Waals surface area contributed by atoms with Crippen molar-refractivity contribution in [3.05, 3.63) is 36.0 Å². The first-order chi connectivity index (χ1) is 20.1. The topological polar surface area (TPSA) is 67.4 Å². The second-order valence-electron chi connectivity index (χ2n) is 15.4. The first kappa shape index (κ1) is 31.4. The molecule has 5 aliphatic rings. The van der Waals surface area contributed by atoms with Crippen molar-refractivity contribution in [3.63, 3.8) is 0 Å². The number of alkyl carbamates (subject to hydrolysis) is 1. The maximum absolute atomic E-state index is 12.6. The van der Waals surface area contributed by atoms with E-state index in [0.717, 1.165) is 54.8 Å². The highest BCUT2D eigenvalue weighted by molar-refractivity contribution is 5.83. The van der Waals surface area contributed by atoms with Crippen molar-refractivity contribution in [2.75, 3.05) is 13.1 Å². The Morgan fingerprint density at radius 1 is 0.929 bits per heavy atom. The van der Waals surface area contributed by atoms with E-state index < -0.39 is 0 Å². The van der Waals surface area contributed by atoms with Crippen molar-refractivity contribution < 1.29 is 14.3 Å². The van der Waals surface area contributed by atoms with Crippen LogP contribution in [0.3, 0.4) is 0 Å². The lowest BCUT2D eigenvalue weighted by Gasteiger charge is -2.58. The van der Waals surface area contributed by atoms with Crippen molar-refractivity contribution in [1.82, 2.24) is 10.6 Å². The predicted molar refractivity (Wildman–Crippen MR) is 171 cm³/mol. The molecule has 3 saturated carbocycles. The number of hydrogen-bond donors (Lipinski definition) is 2. The second-order valence-corrected chi connectivity index (χ2v) is 15.4. The molecule has 42 heavy (non-hydrogen) atoms. The summed E-state index contributed by atoms with van der Waals surface area (Å²) in [5.41, 5.74) is 2.35. The summed E-state index contributed by atoms with van der Waals surface area (Å²) in [6, 6.07) is 0. The molecule has 2 N–H and O–H groups in total. The number of carbonyl (C=O) groups is 2. The van der Waals surface area contributed by atoms with Gasteiger partial charge in [-0.25, -0.2) is 4.79 Å². The fourth-order valence-corrected chi connectivity index (χ4v) is 10.2. The number of fused-ring (bicyclic) bond motifs is 5. The molecule has 8 atom stereocenters. The molecule has 234 valence electrons. The molecule has 0 unspecified atom stereocenters. The Kier molecular flexibility index (Phi) is 9.94. The highest BCUT2D eigenvalue weighted by atomic mass is 16.6.